The Bertz CT molecular complexity index is 531. The van der Waals surface area contributed by atoms with Crippen molar-refractivity contribution < 1.29 is 27.5 Å². The number of Topliss-reactive ketones (excluding diaryl/α,β-unsaturated/α-hetero) is 1. The van der Waals surface area contributed by atoms with Gasteiger partial charge < -0.3 is 9.72 Å². The summed E-state index contributed by atoms with van der Waals surface area (Å²) in [4.78, 5) is 25.7. The van der Waals surface area contributed by atoms with Crippen LogP contribution in [0.2, 0.25) is 0 Å². The molecule has 1 heterocycles. The molecule has 4 nitrogen and oxygen atoms in total. The number of fused-ring (bicyclic) bond motifs is 1. The molecule has 0 spiro atoms. The van der Waals surface area contributed by atoms with Crippen LogP contribution in [0.3, 0.4) is 0 Å². The second-order valence-corrected chi connectivity index (χ2v) is 4.22. The molecule has 0 amide bonds. The summed E-state index contributed by atoms with van der Waals surface area (Å²) in [5.74, 6) is -1.67. The molecule has 0 atom stereocenters. The first-order valence-corrected chi connectivity index (χ1v) is 5.88. The van der Waals surface area contributed by atoms with Crippen LogP contribution in [0.5, 0.6) is 0 Å². The lowest BCUT2D eigenvalue weighted by Gasteiger charge is -2.13. The van der Waals surface area contributed by atoms with Gasteiger partial charge in [-0.15, -0.1) is 0 Å². The van der Waals surface area contributed by atoms with Crippen LogP contribution >= 0.6 is 0 Å². The maximum atomic E-state index is 13.1. The minimum absolute atomic E-state index is 0.0340. The van der Waals surface area contributed by atoms with E-state index in [1.54, 1.807) is 0 Å². The van der Waals surface area contributed by atoms with Crippen molar-refractivity contribution in [2.75, 3.05) is 6.61 Å². The SMILES string of the molecule is CCOC(=O)c1[nH]c2c(c1C(F)(F)F)C(=O)CCC2. The standard InChI is InChI=1S/C12H12F3NO3/c1-2-19-11(18)10-9(12(13,14)15)8-6(16-10)4-3-5-7(8)17/h16H,2-5H2,1H3. The number of carbonyl (C=O) groups excluding carboxylic acids is 2. The summed E-state index contributed by atoms with van der Waals surface area (Å²) in [7, 11) is 0. The van der Waals surface area contributed by atoms with Crippen molar-refractivity contribution in [3.05, 3.63) is 22.5 Å². The van der Waals surface area contributed by atoms with Crippen molar-refractivity contribution in [1.82, 2.24) is 4.98 Å². The van der Waals surface area contributed by atoms with Gasteiger partial charge in [-0.3, -0.25) is 4.79 Å². The fourth-order valence-corrected chi connectivity index (χ4v) is 2.24. The normalized spacial score (nSPS) is 15.3. The van der Waals surface area contributed by atoms with E-state index in [4.69, 9.17) is 0 Å². The second kappa shape index (κ2) is 4.71. The molecule has 1 N–H and O–H groups in total. The van der Waals surface area contributed by atoms with Gasteiger partial charge in [0.15, 0.2) is 5.78 Å². The zero-order valence-corrected chi connectivity index (χ0v) is 10.2. The summed E-state index contributed by atoms with van der Waals surface area (Å²) in [6.07, 6.45) is -3.90. The number of halogens is 3. The first-order chi connectivity index (χ1) is 8.86. The Morgan fingerprint density at radius 3 is 2.63 bits per heavy atom. The van der Waals surface area contributed by atoms with Crippen LogP contribution in [-0.2, 0) is 17.3 Å². The van der Waals surface area contributed by atoms with E-state index in [0.29, 0.717) is 12.8 Å². The number of carbonyl (C=O) groups is 2. The molecule has 104 valence electrons. The Hall–Kier alpha value is -1.79. The summed E-state index contributed by atoms with van der Waals surface area (Å²) in [6.45, 7) is 1.47. The van der Waals surface area contributed by atoms with Gasteiger partial charge in [-0.25, -0.2) is 4.79 Å². The van der Waals surface area contributed by atoms with Gasteiger partial charge in [-0.05, 0) is 19.8 Å². The van der Waals surface area contributed by atoms with Crippen LogP contribution < -0.4 is 0 Å². The number of aromatic nitrogens is 1. The minimum Gasteiger partial charge on any atom is -0.461 e. The van der Waals surface area contributed by atoms with Crippen LogP contribution in [0.15, 0.2) is 0 Å². The molecule has 0 bridgehead atoms. The van der Waals surface area contributed by atoms with E-state index < -0.39 is 34.7 Å². The molecule has 0 fully saturated rings. The van der Waals surface area contributed by atoms with Gasteiger partial charge in [0, 0.05) is 12.1 Å². The Kier molecular flexibility index (Phi) is 3.38. The number of esters is 1. The van der Waals surface area contributed by atoms with Gasteiger partial charge in [0.2, 0.25) is 0 Å². The molecule has 7 heteroatoms. The monoisotopic (exact) mass is 275 g/mol. The van der Waals surface area contributed by atoms with Gasteiger partial charge in [-0.2, -0.15) is 13.2 Å². The lowest BCUT2D eigenvalue weighted by molar-refractivity contribution is -0.138. The summed E-state index contributed by atoms with van der Waals surface area (Å²) < 4.78 is 43.8. The third-order valence-electron chi connectivity index (χ3n) is 2.95. The van der Waals surface area contributed by atoms with Gasteiger partial charge in [0.05, 0.1) is 17.7 Å². The minimum atomic E-state index is -4.76. The van der Waals surface area contributed by atoms with Crippen LogP contribution in [0, 0.1) is 0 Å². The average molecular weight is 275 g/mol. The van der Waals surface area contributed by atoms with Crippen LogP contribution in [0.25, 0.3) is 0 Å². The predicted molar refractivity (Wildman–Crippen MR) is 59.0 cm³/mol. The number of hydrogen-bond acceptors (Lipinski definition) is 3. The van der Waals surface area contributed by atoms with Crippen molar-refractivity contribution in [3.8, 4) is 0 Å². The molecule has 1 aliphatic rings. The maximum absolute atomic E-state index is 13.1. The third kappa shape index (κ3) is 2.36. The largest absolute Gasteiger partial charge is 0.461 e. The Labute approximate surface area is 106 Å². The van der Waals surface area contributed by atoms with Crippen LogP contribution in [0.4, 0.5) is 13.2 Å². The number of aromatic amines is 1. The molecule has 19 heavy (non-hydrogen) atoms. The summed E-state index contributed by atoms with van der Waals surface area (Å²) in [6, 6.07) is 0. The molecule has 0 saturated heterocycles. The van der Waals surface area contributed by atoms with Gasteiger partial charge in [0.25, 0.3) is 0 Å². The van der Waals surface area contributed by atoms with Gasteiger partial charge in [-0.1, -0.05) is 0 Å². The van der Waals surface area contributed by atoms with E-state index >= 15 is 0 Å². The number of H-pyrrole nitrogens is 1. The third-order valence-corrected chi connectivity index (χ3v) is 2.95. The van der Waals surface area contributed by atoms with Crippen molar-refractivity contribution in [2.24, 2.45) is 0 Å². The number of ether oxygens (including phenoxy) is 1. The molecule has 0 radical (unpaired) electrons. The summed E-state index contributed by atoms with van der Waals surface area (Å²) in [5.41, 5.74) is -2.09. The highest BCUT2D eigenvalue weighted by Crippen LogP contribution is 2.39. The number of rotatable bonds is 2. The number of nitrogens with one attached hydrogen (secondary N) is 1. The highest BCUT2D eigenvalue weighted by atomic mass is 19.4. The van der Waals surface area contributed by atoms with Crippen LogP contribution in [0.1, 0.15) is 51.9 Å². The fraction of sp³-hybridized carbons (Fsp3) is 0.500. The van der Waals surface area contributed by atoms with E-state index in [0.717, 1.165) is 0 Å². The molecule has 1 aliphatic carbocycles. The fourth-order valence-electron chi connectivity index (χ4n) is 2.24. The quantitative estimate of drug-likeness (QED) is 0.844. The Morgan fingerprint density at radius 2 is 2.05 bits per heavy atom. The van der Waals surface area contributed by atoms with Gasteiger partial charge >= 0.3 is 12.1 Å². The number of hydrogen-bond donors (Lipinski definition) is 1. The molecule has 0 aromatic carbocycles. The molecule has 1 aromatic heterocycles. The molecule has 0 unspecified atom stereocenters. The van der Waals surface area contributed by atoms with Crippen molar-refractivity contribution in [2.45, 2.75) is 32.4 Å². The smallest absolute Gasteiger partial charge is 0.419 e. The van der Waals surface area contributed by atoms with E-state index in [1.165, 1.54) is 6.92 Å². The van der Waals surface area contributed by atoms with Crippen molar-refractivity contribution in [1.29, 1.82) is 0 Å². The highest BCUT2D eigenvalue weighted by Gasteiger charge is 2.43. The number of ketones is 1. The Balaban J connectivity index is 2.61. The predicted octanol–water partition coefficient (Wildman–Crippen LogP) is 2.73. The Morgan fingerprint density at radius 1 is 1.37 bits per heavy atom. The molecular weight excluding hydrogens is 263 g/mol. The average Bonchev–Trinajstić information content (AvgIpc) is 2.69. The first-order valence-electron chi connectivity index (χ1n) is 5.88. The van der Waals surface area contributed by atoms with Crippen LogP contribution in [-0.4, -0.2) is 23.3 Å². The molecule has 0 saturated carbocycles. The number of alkyl halides is 3. The zero-order chi connectivity index (χ0) is 14.2. The molecule has 2 rings (SSSR count). The van der Waals surface area contributed by atoms with E-state index in [-0.39, 0.29) is 18.7 Å². The lowest BCUT2D eigenvalue weighted by Crippen LogP contribution is -2.18. The second-order valence-electron chi connectivity index (χ2n) is 4.22. The van der Waals surface area contributed by atoms with Gasteiger partial charge in [0.1, 0.15) is 5.69 Å². The van der Waals surface area contributed by atoms with Crippen molar-refractivity contribution in [3.63, 3.8) is 0 Å². The van der Waals surface area contributed by atoms with E-state index in [1.807, 2.05) is 0 Å². The lowest BCUT2D eigenvalue weighted by atomic mass is 9.93. The summed E-state index contributed by atoms with van der Waals surface area (Å²) in [5, 5.41) is 0. The summed E-state index contributed by atoms with van der Waals surface area (Å²) >= 11 is 0. The molecular formula is C12H12F3NO3. The first kappa shape index (κ1) is 13.6. The molecule has 0 aliphatic heterocycles. The molecule has 1 aromatic rings. The maximum Gasteiger partial charge on any atom is 0.419 e. The zero-order valence-electron chi connectivity index (χ0n) is 10.2. The number of aryl methyl sites for hydroxylation is 1. The highest BCUT2D eigenvalue weighted by molar-refractivity contribution is 6.03. The van der Waals surface area contributed by atoms with E-state index in [2.05, 4.69) is 9.72 Å². The van der Waals surface area contributed by atoms with E-state index in [9.17, 15) is 22.8 Å². The van der Waals surface area contributed by atoms with Crippen molar-refractivity contribution >= 4 is 11.8 Å². The topological polar surface area (TPSA) is 59.2 Å².